The van der Waals surface area contributed by atoms with Crippen LogP contribution in [0.25, 0.3) is 22.3 Å². The van der Waals surface area contributed by atoms with Crippen LogP contribution in [0.3, 0.4) is 0 Å². The Labute approximate surface area is 199 Å². The highest BCUT2D eigenvalue weighted by molar-refractivity contribution is 5.88. The summed E-state index contributed by atoms with van der Waals surface area (Å²) in [5.41, 5.74) is 4.67. The first-order chi connectivity index (χ1) is 16.8. The van der Waals surface area contributed by atoms with Gasteiger partial charge in [-0.25, -0.2) is 9.97 Å². The van der Waals surface area contributed by atoms with Crippen molar-refractivity contribution >= 4 is 22.5 Å². The number of benzene rings is 1. The molecular weight excluding hydrogens is 432 g/mol. The van der Waals surface area contributed by atoms with Crippen molar-refractivity contribution in [2.45, 2.75) is 25.0 Å². The minimum atomic E-state index is 0.0822. The predicted octanol–water partition coefficient (Wildman–Crippen LogP) is 2.07. The minimum Gasteiger partial charge on any atom is -0.394 e. The number of aromatic nitrogens is 3. The SMILES string of the molecule is OCCOC1CCN(c2ccc(-c3cc4nccnc4c(NC[C@@H]4CNCCO4)n3)cc2)CC1. The first-order valence-corrected chi connectivity index (χ1v) is 12.1. The Bertz CT molecular complexity index is 1070. The molecule has 0 unspecified atom stereocenters. The number of aliphatic hydroxyl groups excluding tert-OH is 1. The number of nitrogens with one attached hydrogen (secondary N) is 2. The molecular formula is C25H32N6O3. The van der Waals surface area contributed by atoms with E-state index in [0.29, 0.717) is 13.2 Å². The lowest BCUT2D eigenvalue weighted by molar-refractivity contribution is 0.0159. The van der Waals surface area contributed by atoms with Gasteiger partial charge in [-0.3, -0.25) is 4.98 Å². The highest BCUT2D eigenvalue weighted by Gasteiger charge is 2.20. The Morgan fingerprint density at radius 3 is 2.74 bits per heavy atom. The predicted molar refractivity (Wildman–Crippen MR) is 132 cm³/mol. The first-order valence-electron chi connectivity index (χ1n) is 12.1. The van der Waals surface area contributed by atoms with Crippen LogP contribution in [-0.4, -0.2) is 84.8 Å². The largest absolute Gasteiger partial charge is 0.394 e. The molecule has 180 valence electrons. The third kappa shape index (κ3) is 5.44. The molecule has 3 N–H and O–H groups in total. The van der Waals surface area contributed by atoms with Gasteiger partial charge in [-0.1, -0.05) is 12.1 Å². The van der Waals surface area contributed by atoms with E-state index in [9.17, 15) is 0 Å². The van der Waals surface area contributed by atoms with Gasteiger partial charge in [0.05, 0.1) is 43.2 Å². The molecule has 2 saturated heterocycles. The van der Waals surface area contributed by atoms with Crippen LogP contribution in [0.2, 0.25) is 0 Å². The molecule has 4 heterocycles. The number of anilines is 2. The molecule has 0 amide bonds. The average Bonchev–Trinajstić information content (AvgIpc) is 2.91. The maximum atomic E-state index is 8.95. The van der Waals surface area contributed by atoms with Crippen LogP contribution in [0.5, 0.6) is 0 Å². The molecule has 2 aliphatic rings. The fraction of sp³-hybridized carbons (Fsp3) is 0.480. The number of piperidine rings is 1. The van der Waals surface area contributed by atoms with E-state index < -0.39 is 0 Å². The molecule has 34 heavy (non-hydrogen) atoms. The van der Waals surface area contributed by atoms with Gasteiger partial charge < -0.3 is 30.1 Å². The summed E-state index contributed by atoms with van der Waals surface area (Å²) in [6.07, 6.45) is 5.69. The van der Waals surface area contributed by atoms with Gasteiger partial charge >= 0.3 is 0 Å². The molecule has 0 aliphatic carbocycles. The maximum Gasteiger partial charge on any atom is 0.154 e. The van der Waals surface area contributed by atoms with Gasteiger partial charge in [0, 0.05) is 56.4 Å². The number of rotatable bonds is 8. The van der Waals surface area contributed by atoms with Gasteiger partial charge in [0.25, 0.3) is 0 Å². The topological polar surface area (TPSA) is 105 Å². The van der Waals surface area contributed by atoms with E-state index >= 15 is 0 Å². The van der Waals surface area contributed by atoms with Crippen LogP contribution in [0.15, 0.2) is 42.7 Å². The van der Waals surface area contributed by atoms with Gasteiger partial charge in [-0.15, -0.1) is 0 Å². The van der Waals surface area contributed by atoms with Crippen LogP contribution in [0.4, 0.5) is 11.5 Å². The Kier molecular flexibility index (Phi) is 7.45. The molecule has 2 aliphatic heterocycles. The van der Waals surface area contributed by atoms with E-state index in [4.69, 9.17) is 19.6 Å². The Morgan fingerprint density at radius 1 is 1.15 bits per heavy atom. The summed E-state index contributed by atoms with van der Waals surface area (Å²) in [7, 11) is 0. The van der Waals surface area contributed by atoms with Crippen molar-refractivity contribution in [2.24, 2.45) is 0 Å². The average molecular weight is 465 g/mol. The normalized spacial score (nSPS) is 19.4. The monoisotopic (exact) mass is 464 g/mol. The smallest absolute Gasteiger partial charge is 0.154 e. The molecule has 0 bridgehead atoms. The Hall–Kier alpha value is -2.85. The number of pyridine rings is 1. The lowest BCUT2D eigenvalue weighted by atomic mass is 10.1. The number of hydrogen-bond acceptors (Lipinski definition) is 9. The van der Waals surface area contributed by atoms with E-state index in [2.05, 4.69) is 49.8 Å². The number of fused-ring (bicyclic) bond motifs is 1. The number of hydrogen-bond donors (Lipinski definition) is 3. The van der Waals surface area contributed by atoms with Crippen molar-refractivity contribution in [1.82, 2.24) is 20.3 Å². The van der Waals surface area contributed by atoms with Crippen LogP contribution in [0.1, 0.15) is 12.8 Å². The van der Waals surface area contributed by atoms with Gasteiger partial charge in [-0.05, 0) is 31.0 Å². The fourth-order valence-corrected chi connectivity index (χ4v) is 4.55. The van der Waals surface area contributed by atoms with Crippen LogP contribution in [0, 0.1) is 0 Å². The molecule has 5 rings (SSSR count). The van der Waals surface area contributed by atoms with E-state index in [1.54, 1.807) is 12.4 Å². The number of ether oxygens (including phenoxy) is 2. The summed E-state index contributed by atoms with van der Waals surface area (Å²) in [5, 5.41) is 15.7. The molecule has 9 heteroatoms. The molecule has 0 saturated carbocycles. The summed E-state index contributed by atoms with van der Waals surface area (Å²) in [4.78, 5) is 16.3. The lowest BCUT2D eigenvalue weighted by Crippen LogP contribution is -2.42. The Balaban J connectivity index is 1.30. The summed E-state index contributed by atoms with van der Waals surface area (Å²) >= 11 is 0. The second-order valence-corrected chi connectivity index (χ2v) is 8.69. The van der Waals surface area contributed by atoms with E-state index in [-0.39, 0.29) is 18.8 Å². The molecule has 0 radical (unpaired) electrons. The second-order valence-electron chi connectivity index (χ2n) is 8.69. The van der Waals surface area contributed by atoms with Gasteiger partial charge in [0.1, 0.15) is 5.52 Å². The highest BCUT2D eigenvalue weighted by atomic mass is 16.5. The van der Waals surface area contributed by atoms with Gasteiger partial charge in [0.15, 0.2) is 5.82 Å². The molecule has 1 atom stereocenters. The number of aliphatic hydroxyl groups is 1. The number of morpholine rings is 1. The molecule has 2 aromatic heterocycles. The third-order valence-electron chi connectivity index (χ3n) is 6.37. The zero-order chi connectivity index (χ0) is 23.2. The molecule has 1 aromatic carbocycles. The van der Waals surface area contributed by atoms with E-state index in [0.717, 1.165) is 73.7 Å². The second kappa shape index (κ2) is 11.1. The highest BCUT2D eigenvalue weighted by Crippen LogP contribution is 2.28. The fourth-order valence-electron chi connectivity index (χ4n) is 4.55. The molecule has 2 fully saturated rings. The van der Waals surface area contributed by atoms with Crippen molar-refractivity contribution in [3.8, 4) is 11.3 Å². The zero-order valence-corrected chi connectivity index (χ0v) is 19.3. The van der Waals surface area contributed by atoms with Crippen LogP contribution < -0.4 is 15.5 Å². The molecule has 3 aromatic rings. The number of nitrogens with zero attached hydrogens (tertiary/aromatic N) is 4. The van der Waals surface area contributed by atoms with Crippen molar-refractivity contribution in [2.75, 3.05) is 62.8 Å². The van der Waals surface area contributed by atoms with Crippen LogP contribution in [-0.2, 0) is 9.47 Å². The standard InChI is InChI=1S/C25H32N6O3/c32-12-14-34-20-5-10-31(11-6-20)19-3-1-18(2-4-19)22-15-23-24(28-8-7-27-23)25(30-22)29-17-21-16-26-9-13-33-21/h1-4,7-8,15,20-21,26,32H,5-6,9-14,16-17H2,(H,29,30)/t21-/m0/s1. The van der Waals surface area contributed by atoms with E-state index in [1.165, 1.54) is 5.69 Å². The van der Waals surface area contributed by atoms with Gasteiger partial charge in [-0.2, -0.15) is 0 Å². The zero-order valence-electron chi connectivity index (χ0n) is 19.3. The van der Waals surface area contributed by atoms with Crippen molar-refractivity contribution in [3.05, 3.63) is 42.7 Å². The van der Waals surface area contributed by atoms with Gasteiger partial charge in [0.2, 0.25) is 0 Å². The quantitative estimate of drug-likeness (QED) is 0.462. The van der Waals surface area contributed by atoms with Crippen molar-refractivity contribution < 1.29 is 14.6 Å². The molecule has 9 nitrogen and oxygen atoms in total. The van der Waals surface area contributed by atoms with Crippen LogP contribution >= 0.6 is 0 Å². The summed E-state index contributed by atoms with van der Waals surface area (Å²) in [6, 6.07) is 10.5. The first kappa shape index (κ1) is 22.9. The summed E-state index contributed by atoms with van der Waals surface area (Å²) in [6.45, 7) is 5.50. The van der Waals surface area contributed by atoms with E-state index in [1.807, 2.05) is 6.07 Å². The van der Waals surface area contributed by atoms with Crippen molar-refractivity contribution in [3.63, 3.8) is 0 Å². The molecule has 0 spiro atoms. The lowest BCUT2D eigenvalue weighted by Gasteiger charge is -2.33. The van der Waals surface area contributed by atoms with Crippen molar-refractivity contribution in [1.29, 1.82) is 0 Å². The minimum absolute atomic E-state index is 0.0822. The summed E-state index contributed by atoms with van der Waals surface area (Å²) in [5.74, 6) is 0.726. The summed E-state index contributed by atoms with van der Waals surface area (Å²) < 4.78 is 11.5. The maximum absolute atomic E-state index is 8.95. The third-order valence-corrected chi connectivity index (χ3v) is 6.37. The Morgan fingerprint density at radius 2 is 1.97 bits per heavy atom.